The summed E-state index contributed by atoms with van der Waals surface area (Å²) in [5, 5.41) is 11.9. The molecule has 148 valence electrons. The molecule has 0 aromatic heterocycles. The predicted octanol–water partition coefficient (Wildman–Crippen LogP) is 2.60. The maximum atomic E-state index is 12.4. The van der Waals surface area contributed by atoms with Gasteiger partial charge >= 0.3 is 12.0 Å². The Morgan fingerprint density at radius 3 is 2.32 bits per heavy atom. The monoisotopic (exact) mass is 383 g/mol. The van der Waals surface area contributed by atoms with E-state index in [1.165, 1.54) is 0 Å². The van der Waals surface area contributed by atoms with Crippen molar-refractivity contribution in [3.8, 4) is 11.8 Å². The van der Waals surface area contributed by atoms with E-state index >= 15 is 0 Å². The van der Waals surface area contributed by atoms with Crippen molar-refractivity contribution < 1.29 is 19.1 Å². The number of hydrogen-bond donors (Lipinski definition) is 1. The molecule has 1 aromatic carbocycles. The molecule has 0 unspecified atom stereocenters. The van der Waals surface area contributed by atoms with Crippen molar-refractivity contribution in [2.75, 3.05) is 13.1 Å². The fraction of sp³-hybridized carbons (Fsp3) is 0.571. The van der Waals surface area contributed by atoms with Crippen molar-refractivity contribution in [2.24, 2.45) is 5.41 Å². The topological polar surface area (TPSA) is 91.7 Å². The Morgan fingerprint density at radius 2 is 1.79 bits per heavy atom. The minimum absolute atomic E-state index is 0.0418. The smallest absolute Gasteiger partial charge is 0.318 e. The van der Waals surface area contributed by atoms with Gasteiger partial charge in [-0.1, -0.05) is 0 Å². The Labute approximate surface area is 164 Å². The highest BCUT2D eigenvalue weighted by atomic mass is 16.6. The second kappa shape index (κ2) is 6.13. The Balaban J connectivity index is 1.20. The molecule has 1 aromatic rings. The number of rotatable bonds is 4. The molecule has 7 heteroatoms. The van der Waals surface area contributed by atoms with Crippen LogP contribution in [0.4, 0.5) is 4.79 Å². The van der Waals surface area contributed by atoms with Crippen LogP contribution in [0.2, 0.25) is 0 Å². The molecule has 7 nitrogen and oxygen atoms in total. The molecule has 1 aliphatic heterocycles. The summed E-state index contributed by atoms with van der Waals surface area (Å²) in [6.45, 7) is 6.66. The fourth-order valence-electron chi connectivity index (χ4n) is 4.31. The number of carbonyl (C=O) groups excluding carboxylic acids is 2. The number of nitrogens with zero attached hydrogens (tertiary/aromatic N) is 2. The predicted molar refractivity (Wildman–Crippen MR) is 101 cm³/mol. The molecular formula is C21H25N3O4. The number of nitriles is 1. The minimum atomic E-state index is -0.482. The van der Waals surface area contributed by atoms with Crippen LogP contribution in [0.5, 0.6) is 5.75 Å². The molecular weight excluding hydrogens is 358 g/mol. The molecule has 5 rings (SSSR count). The SMILES string of the molecule is CC(C)(C)OC(=O)C12CC(NC(=O)N3CC(Oc4ccc(C#N)cc4)C3)(C1)C2. The zero-order valence-corrected chi connectivity index (χ0v) is 16.4. The van der Waals surface area contributed by atoms with Gasteiger partial charge < -0.3 is 19.7 Å². The third-order valence-corrected chi connectivity index (χ3v) is 5.66. The first-order valence-electron chi connectivity index (χ1n) is 9.60. The molecule has 1 heterocycles. The van der Waals surface area contributed by atoms with Gasteiger partial charge in [-0.2, -0.15) is 5.26 Å². The molecule has 0 radical (unpaired) electrons. The number of esters is 1. The number of hydrogen-bond acceptors (Lipinski definition) is 5. The van der Waals surface area contributed by atoms with Crippen LogP contribution in [0, 0.1) is 16.7 Å². The number of ether oxygens (including phenoxy) is 2. The average Bonchev–Trinajstić information content (AvgIpc) is 2.51. The lowest BCUT2D eigenvalue weighted by atomic mass is 9.39. The van der Waals surface area contributed by atoms with Gasteiger partial charge in [-0.15, -0.1) is 0 Å². The molecule has 4 aliphatic rings. The molecule has 0 spiro atoms. The summed E-state index contributed by atoms with van der Waals surface area (Å²) in [6.07, 6.45) is 1.96. The van der Waals surface area contributed by atoms with Crippen molar-refractivity contribution in [1.29, 1.82) is 5.26 Å². The van der Waals surface area contributed by atoms with Gasteiger partial charge in [0.2, 0.25) is 0 Å². The summed E-state index contributed by atoms with van der Waals surface area (Å²) < 4.78 is 11.3. The van der Waals surface area contributed by atoms with E-state index in [0.717, 1.165) is 0 Å². The van der Waals surface area contributed by atoms with Crippen molar-refractivity contribution in [3.63, 3.8) is 0 Å². The Morgan fingerprint density at radius 1 is 1.18 bits per heavy atom. The van der Waals surface area contributed by atoms with Crippen LogP contribution in [-0.4, -0.2) is 47.2 Å². The van der Waals surface area contributed by atoms with Gasteiger partial charge in [0, 0.05) is 5.54 Å². The molecule has 4 fully saturated rings. The number of urea groups is 1. The van der Waals surface area contributed by atoms with Crippen LogP contribution in [0.15, 0.2) is 24.3 Å². The Kier molecular flexibility index (Phi) is 4.07. The molecule has 1 saturated heterocycles. The summed E-state index contributed by atoms with van der Waals surface area (Å²) in [7, 11) is 0. The van der Waals surface area contributed by atoms with Crippen LogP contribution in [0.25, 0.3) is 0 Å². The highest BCUT2D eigenvalue weighted by Gasteiger charge is 2.73. The van der Waals surface area contributed by atoms with Crippen LogP contribution in [-0.2, 0) is 9.53 Å². The van der Waals surface area contributed by atoms with E-state index in [0.29, 0.717) is 43.7 Å². The van der Waals surface area contributed by atoms with E-state index in [2.05, 4.69) is 11.4 Å². The molecule has 0 atom stereocenters. The molecule has 1 N–H and O–H groups in total. The van der Waals surface area contributed by atoms with Gasteiger partial charge in [-0.05, 0) is 64.3 Å². The lowest BCUT2D eigenvalue weighted by Gasteiger charge is -2.68. The van der Waals surface area contributed by atoms with Crippen molar-refractivity contribution in [2.45, 2.75) is 57.3 Å². The van der Waals surface area contributed by atoms with E-state index in [4.69, 9.17) is 14.7 Å². The summed E-state index contributed by atoms with van der Waals surface area (Å²) >= 11 is 0. The van der Waals surface area contributed by atoms with Crippen LogP contribution in [0.3, 0.4) is 0 Å². The number of nitrogens with one attached hydrogen (secondary N) is 1. The standard InChI is InChI=1S/C21H25N3O4/c1-19(2,3)28-17(25)20-11-21(12-20,13-20)23-18(26)24-9-16(10-24)27-15-6-4-14(8-22)5-7-15/h4-7,16H,9-13H2,1-3H3,(H,23,26). The maximum absolute atomic E-state index is 12.4. The van der Waals surface area contributed by atoms with Crippen molar-refractivity contribution in [3.05, 3.63) is 29.8 Å². The average molecular weight is 383 g/mol. The van der Waals surface area contributed by atoms with Crippen LogP contribution >= 0.6 is 0 Å². The number of carbonyl (C=O) groups is 2. The number of benzene rings is 1. The molecule has 3 aliphatic carbocycles. The Bertz CT molecular complexity index is 824. The lowest BCUT2D eigenvalue weighted by molar-refractivity contribution is -0.212. The highest BCUT2D eigenvalue weighted by Crippen LogP contribution is 2.68. The normalized spacial score (nSPS) is 28.1. The van der Waals surface area contributed by atoms with E-state index in [1.54, 1.807) is 29.2 Å². The maximum Gasteiger partial charge on any atom is 0.318 e. The van der Waals surface area contributed by atoms with E-state index in [9.17, 15) is 9.59 Å². The molecule has 28 heavy (non-hydrogen) atoms. The van der Waals surface area contributed by atoms with Gasteiger partial charge in [0.1, 0.15) is 17.5 Å². The summed E-state index contributed by atoms with van der Waals surface area (Å²) in [5.41, 5.74) is -0.529. The third kappa shape index (κ3) is 3.28. The van der Waals surface area contributed by atoms with E-state index in [-0.39, 0.29) is 23.6 Å². The second-order valence-corrected chi connectivity index (χ2v) is 9.30. The quantitative estimate of drug-likeness (QED) is 0.807. The fourth-order valence-corrected chi connectivity index (χ4v) is 4.31. The van der Waals surface area contributed by atoms with Crippen LogP contribution in [0.1, 0.15) is 45.6 Å². The first-order chi connectivity index (χ1) is 13.1. The summed E-state index contributed by atoms with van der Waals surface area (Å²) in [6, 6.07) is 8.92. The number of likely N-dealkylation sites (tertiary alicyclic amines) is 1. The van der Waals surface area contributed by atoms with Gasteiger partial charge in [0.05, 0.1) is 30.1 Å². The summed E-state index contributed by atoms with van der Waals surface area (Å²) in [5.74, 6) is 0.554. The van der Waals surface area contributed by atoms with Crippen molar-refractivity contribution >= 4 is 12.0 Å². The molecule has 2 amide bonds. The summed E-state index contributed by atoms with van der Waals surface area (Å²) in [4.78, 5) is 26.5. The van der Waals surface area contributed by atoms with Gasteiger partial charge in [0.25, 0.3) is 0 Å². The largest absolute Gasteiger partial charge is 0.487 e. The second-order valence-electron chi connectivity index (χ2n) is 9.30. The van der Waals surface area contributed by atoms with Gasteiger partial charge in [-0.25, -0.2) is 4.79 Å². The third-order valence-electron chi connectivity index (χ3n) is 5.66. The minimum Gasteiger partial charge on any atom is -0.487 e. The zero-order valence-electron chi connectivity index (χ0n) is 16.4. The van der Waals surface area contributed by atoms with Gasteiger partial charge in [-0.3, -0.25) is 4.79 Å². The zero-order chi connectivity index (χ0) is 20.2. The number of amides is 2. The van der Waals surface area contributed by atoms with Crippen molar-refractivity contribution in [1.82, 2.24) is 10.2 Å². The lowest BCUT2D eigenvalue weighted by Crippen LogP contribution is -2.79. The van der Waals surface area contributed by atoms with E-state index < -0.39 is 11.0 Å². The van der Waals surface area contributed by atoms with Gasteiger partial charge in [0.15, 0.2) is 0 Å². The first-order valence-corrected chi connectivity index (χ1v) is 9.60. The first kappa shape index (κ1) is 18.6. The Hall–Kier alpha value is -2.75. The van der Waals surface area contributed by atoms with E-state index in [1.807, 2.05) is 20.8 Å². The molecule has 3 saturated carbocycles. The molecule has 2 bridgehead atoms. The highest BCUT2D eigenvalue weighted by molar-refractivity contribution is 5.85. The van der Waals surface area contributed by atoms with Crippen LogP contribution < -0.4 is 10.1 Å².